The van der Waals surface area contributed by atoms with Crippen LogP contribution in [0.15, 0.2) is 30.3 Å². The number of hydrogen-bond acceptors (Lipinski definition) is 3. The second-order valence-electron chi connectivity index (χ2n) is 6.63. The van der Waals surface area contributed by atoms with Crippen LogP contribution < -0.4 is 5.73 Å². The van der Waals surface area contributed by atoms with Gasteiger partial charge in [0.05, 0.1) is 12.7 Å². The van der Waals surface area contributed by atoms with Gasteiger partial charge in [-0.1, -0.05) is 43.2 Å². The van der Waals surface area contributed by atoms with Crippen molar-refractivity contribution in [3.05, 3.63) is 35.9 Å². The van der Waals surface area contributed by atoms with E-state index in [0.29, 0.717) is 12.0 Å². The Labute approximate surface area is 128 Å². The predicted molar refractivity (Wildman–Crippen MR) is 86.4 cm³/mol. The molecule has 3 nitrogen and oxygen atoms in total. The van der Waals surface area contributed by atoms with Crippen LogP contribution in [-0.4, -0.2) is 42.8 Å². The average molecular weight is 288 g/mol. The molecule has 2 fully saturated rings. The summed E-state index contributed by atoms with van der Waals surface area (Å²) in [6, 6.07) is 11.8. The van der Waals surface area contributed by atoms with Crippen molar-refractivity contribution in [3.8, 4) is 0 Å². The minimum atomic E-state index is 0.117. The third kappa shape index (κ3) is 3.47. The lowest BCUT2D eigenvalue weighted by Gasteiger charge is -2.44. The van der Waals surface area contributed by atoms with Crippen molar-refractivity contribution in [2.24, 2.45) is 5.73 Å². The van der Waals surface area contributed by atoms with Gasteiger partial charge in [-0.3, -0.25) is 4.90 Å². The fourth-order valence-electron chi connectivity index (χ4n) is 3.95. The van der Waals surface area contributed by atoms with E-state index in [4.69, 9.17) is 10.5 Å². The van der Waals surface area contributed by atoms with E-state index < -0.39 is 0 Å². The monoisotopic (exact) mass is 288 g/mol. The first-order valence-corrected chi connectivity index (χ1v) is 8.42. The third-order valence-electron chi connectivity index (χ3n) is 5.14. The largest absolute Gasteiger partial charge is 0.374 e. The zero-order valence-corrected chi connectivity index (χ0v) is 13.1. The summed E-state index contributed by atoms with van der Waals surface area (Å²) in [5.74, 6) is 0.673. The molecule has 0 radical (unpaired) electrons. The number of nitrogens with zero attached hydrogens (tertiary/aromatic N) is 1. The molecule has 1 aromatic carbocycles. The maximum absolute atomic E-state index is 6.05. The molecule has 4 atom stereocenters. The minimum absolute atomic E-state index is 0.117. The lowest BCUT2D eigenvalue weighted by Crippen LogP contribution is -2.54. The van der Waals surface area contributed by atoms with Crippen LogP contribution in [0.25, 0.3) is 0 Å². The smallest absolute Gasteiger partial charge is 0.0850 e. The minimum Gasteiger partial charge on any atom is -0.374 e. The van der Waals surface area contributed by atoms with Crippen LogP contribution in [0.1, 0.15) is 44.1 Å². The van der Waals surface area contributed by atoms with Gasteiger partial charge in [0.25, 0.3) is 0 Å². The molecule has 0 aromatic heterocycles. The Morgan fingerprint density at radius 3 is 2.71 bits per heavy atom. The summed E-state index contributed by atoms with van der Waals surface area (Å²) in [5.41, 5.74) is 7.56. The van der Waals surface area contributed by atoms with Gasteiger partial charge >= 0.3 is 0 Å². The molecule has 0 spiro atoms. The van der Waals surface area contributed by atoms with Crippen molar-refractivity contribution >= 4 is 0 Å². The van der Waals surface area contributed by atoms with Gasteiger partial charge in [0.15, 0.2) is 0 Å². The lowest BCUT2D eigenvalue weighted by molar-refractivity contribution is -0.0592. The molecule has 1 saturated carbocycles. The van der Waals surface area contributed by atoms with Crippen molar-refractivity contribution in [2.75, 3.05) is 19.7 Å². The van der Waals surface area contributed by atoms with Gasteiger partial charge in [-0.25, -0.2) is 0 Å². The Hall–Kier alpha value is -0.900. The van der Waals surface area contributed by atoms with Crippen molar-refractivity contribution < 1.29 is 4.74 Å². The topological polar surface area (TPSA) is 38.5 Å². The summed E-state index contributed by atoms with van der Waals surface area (Å²) in [7, 11) is 0. The van der Waals surface area contributed by atoms with Crippen LogP contribution in [-0.2, 0) is 4.74 Å². The van der Waals surface area contributed by atoms with E-state index in [1.807, 2.05) is 0 Å². The fourth-order valence-corrected chi connectivity index (χ4v) is 3.95. The van der Waals surface area contributed by atoms with Crippen LogP contribution in [0.3, 0.4) is 0 Å². The van der Waals surface area contributed by atoms with Crippen molar-refractivity contribution in [2.45, 2.75) is 56.7 Å². The van der Waals surface area contributed by atoms with Crippen molar-refractivity contribution in [1.29, 1.82) is 0 Å². The summed E-state index contributed by atoms with van der Waals surface area (Å²) in [6.45, 7) is 4.93. The molecule has 1 heterocycles. The molecule has 1 aliphatic heterocycles. The Morgan fingerprint density at radius 1 is 1.19 bits per heavy atom. The number of ether oxygens (including phenoxy) is 1. The summed E-state index contributed by atoms with van der Waals surface area (Å²) in [6.07, 6.45) is 5.53. The van der Waals surface area contributed by atoms with E-state index >= 15 is 0 Å². The molecule has 2 N–H and O–H groups in total. The number of hydrogen-bond donors (Lipinski definition) is 1. The second-order valence-corrected chi connectivity index (χ2v) is 6.63. The van der Waals surface area contributed by atoms with E-state index in [0.717, 1.165) is 19.7 Å². The third-order valence-corrected chi connectivity index (χ3v) is 5.14. The standard InChI is InChI=1S/C18H28N2O/c1-14(19)18-13-20(11-12-21-18)17-10-6-5-9-16(17)15-7-3-2-4-8-15/h2-4,7-8,14,16-18H,5-6,9-13,19H2,1H3. The Kier molecular flexibility index (Phi) is 4.94. The molecule has 1 saturated heterocycles. The van der Waals surface area contributed by atoms with E-state index in [-0.39, 0.29) is 12.1 Å². The molecule has 4 unspecified atom stereocenters. The maximum atomic E-state index is 6.05. The predicted octanol–water partition coefficient (Wildman–Crippen LogP) is 2.76. The van der Waals surface area contributed by atoms with Crippen LogP contribution in [0.4, 0.5) is 0 Å². The summed E-state index contributed by atoms with van der Waals surface area (Å²) in [5, 5.41) is 0. The van der Waals surface area contributed by atoms with Crippen LogP contribution in [0.5, 0.6) is 0 Å². The highest BCUT2D eigenvalue weighted by Gasteiger charge is 2.34. The van der Waals surface area contributed by atoms with Crippen molar-refractivity contribution in [3.63, 3.8) is 0 Å². The van der Waals surface area contributed by atoms with E-state index in [9.17, 15) is 0 Å². The number of nitrogens with two attached hydrogens (primary N) is 1. The summed E-state index contributed by atoms with van der Waals surface area (Å²) in [4.78, 5) is 2.65. The summed E-state index contributed by atoms with van der Waals surface area (Å²) < 4.78 is 5.83. The van der Waals surface area contributed by atoms with Gasteiger partial charge < -0.3 is 10.5 Å². The first-order chi connectivity index (χ1) is 10.3. The lowest BCUT2D eigenvalue weighted by atomic mass is 9.79. The van der Waals surface area contributed by atoms with E-state index in [1.165, 1.54) is 31.2 Å². The van der Waals surface area contributed by atoms with Gasteiger partial charge in [-0.2, -0.15) is 0 Å². The highest BCUT2D eigenvalue weighted by molar-refractivity contribution is 5.22. The molecule has 2 aliphatic rings. The quantitative estimate of drug-likeness (QED) is 0.929. The molecular weight excluding hydrogens is 260 g/mol. The number of benzene rings is 1. The van der Waals surface area contributed by atoms with Gasteiger partial charge in [0, 0.05) is 25.2 Å². The molecule has 3 rings (SSSR count). The molecule has 1 aliphatic carbocycles. The van der Waals surface area contributed by atoms with Crippen LogP contribution >= 0.6 is 0 Å². The van der Waals surface area contributed by atoms with Crippen LogP contribution in [0.2, 0.25) is 0 Å². The Balaban J connectivity index is 1.75. The highest BCUT2D eigenvalue weighted by atomic mass is 16.5. The molecular formula is C18H28N2O. The zero-order chi connectivity index (χ0) is 14.7. The van der Waals surface area contributed by atoms with E-state index in [2.05, 4.69) is 42.2 Å². The highest BCUT2D eigenvalue weighted by Crippen LogP contribution is 2.36. The molecule has 1 aromatic rings. The van der Waals surface area contributed by atoms with Gasteiger partial charge in [0.2, 0.25) is 0 Å². The van der Waals surface area contributed by atoms with Crippen molar-refractivity contribution in [1.82, 2.24) is 4.90 Å². The SMILES string of the molecule is CC(N)C1CN(C2CCCCC2c2ccccc2)CCO1. The normalized spacial score (nSPS) is 32.8. The van der Waals surface area contributed by atoms with Gasteiger partial charge in [0.1, 0.15) is 0 Å². The summed E-state index contributed by atoms with van der Waals surface area (Å²) >= 11 is 0. The zero-order valence-electron chi connectivity index (χ0n) is 13.1. The molecule has 21 heavy (non-hydrogen) atoms. The van der Waals surface area contributed by atoms with E-state index in [1.54, 1.807) is 0 Å². The van der Waals surface area contributed by atoms with Gasteiger partial charge in [-0.15, -0.1) is 0 Å². The number of morpholine rings is 1. The molecule has 0 amide bonds. The maximum Gasteiger partial charge on any atom is 0.0850 e. The van der Waals surface area contributed by atoms with Crippen LogP contribution in [0, 0.1) is 0 Å². The van der Waals surface area contributed by atoms with Gasteiger partial charge in [-0.05, 0) is 31.2 Å². The first-order valence-electron chi connectivity index (χ1n) is 8.42. The Morgan fingerprint density at radius 2 is 1.95 bits per heavy atom. The Bertz CT molecular complexity index is 434. The number of rotatable bonds is 3. The first kappa shape index (κ1) is 15.0. The average Bonchev–Trinajstić information content (AvgIpc) is 2.56. The molecule has 3 heteroatoms. The second kappa shape index (κ2) is 6.91. The molecule has 116 valence electrons. The molecule has 0 bridgehead atoms. The fraction of sp³-hybridized carbons (Fsp3) is 0.667.